The van der Waals surface area contributed by atoms with Crippen molar-refractivity contribution in [2.75, 3.05) is 18.1 Å². The molecule has 1 aliphatic carbocycles. The van der Waals surface area contributed by atoms with Crippen molar-refractivity contribution in [1.29, 1.82) is 0 Å². The first kappa shape index (κ1) is 18.0. The van der Waals surface area contributed by atoms with Crippen LogP contribution in [0.1, 0.15) is 23.2 Å². The molecule has 0 aliphatic heterocycles. The molecule has 1 unspecified atom stereocenters. The summed E-state index contributed by atoms with van der Waals surface area (Å²) in [6.07, 6.45) is 2.31. The van der Waals surface area contributed by atoms with E-state index in [2.05, 4.69) is 5.32 Å². The zero-order valence-corrected chi connectivity index (χ0v) is 13.4. The highest BCUT2D eigenvalue weighted by Crippen LogP contribution is 2.32. The third kappa shape index (κ3) is 6.08. The van der Waals surface area contributed by atoms with Gasteiger partial charge in [-0.25, -0.2) is 0 Å². The third-order valence-corrected chi connectivity index (χ3v) is 4.29. The second-order valence-corrected chi connectivity index (χ2v) is 6.01. The quantitative estimate of drug-likeness (QED) is 0.715. The molecule has 21 heavy (non-hydrogen) atoms. The van der Waals surface area contributed by atoms with Crippen molar-refractivity contribution >= 4 is 35.9 Å². The molecule has 0 saturated heterocycles. The van der Waals surface area contributed by atoms with E-state index in [9.17, 15) is 9.59 Å². The molecule has 0 radical (unpaired) electrons. The number of ketones is 1. The summed E-state index contributed by atoms with van der Waals surface area (Å²) < 4.78 is 0. The maximum atomic E-state index is 11.9. The average molecular weight is 329 g/mol. The summed E-state index contributed by atoms with van der Waals surface area (Å²) >= 11 is 1.35. The number of halogens is 1. The van der Waals surface area contributed by atoms with E-state index in [4.69, 9.17) is 5.73 Å². The summed E-state index contributed by atoms with van der Waals surface area (Å²) in [5, 5.41) is 2.95. The summed E-state index contributed by atoms with van der Waals surface area (Å²) in [6.45, 7) is 0.490. The Kier molecular flexibility index (Phi) is 7.78. The molecule has 1 aromatic rings. The second-order valence-electron chi connectivity index (χ2n) is 5.03. The number of rotatable bonds is 8. The zero-order chi connectivity index (χ0) is 14.4. The highest BCUT2D eigenvalue weighted by atomic mass is 35.5. The lowest BCUT2D eigenvalue weighted by Crippen LogP contribution is -2.42. The van der Waals surface area contributed by atoms with E-state index in [-0.39, 0.29) is 30.1 Å². The van der Waals surface area contributed by atoms with Crippen molar-refractivity contribution in [3.8, 4) is 0 Å². The molecule has 1 aliphatic rings. The summed E-state index contributed by atoms with van der Waals surface area (Å²) in [7, 11) is 0. The van der Waals surface area contributed by atoms with E-state index >= 15 is 0 Å². The van der Waals surface area contributed by atoms with Gasteiger partial charge < -0.3 is 11.1 Å². The number of Topliss-reactive ketones (excluding diaryl/α,β-unsaturated/α-hetero) is 1. The van der Waals surface area contributed by atoms with Gasteiger partial charge in [-0.05, 0) is 18.8 Å². The molecule has 0 aromatic heterocycles. The van der Waals surface area contributed by atoms with Crippen LogP contribution >= 0.6 is 24.2 Å². The first-order chi connectivity index (χ1) is 9.70. The predicted molar refractivity (Wildman–Crippen MR) is 89.1 cm³/mol. The third-order valence-electron chi connectivity index (χ3n) is 3.35. The van der Waals surface area contributed by atoms with Crippen LogP contribution in [0, 0.1) is 5.92 Å². The van der Waals surface area contributed by atoms with Gasteiger partial charge in [0.15, 0.2) is 5.78 Å². The molecule has 0 heterocycles. The number of hydrogen-bond donors (Lipinski definition) is 2. The van der Waals surface area contributed by atoms with Crippen molar-refractivity contribution in [2.45, 2.75) is 18.9 Å². The lowest BCUT2D eigenvalue weighted by molar-refractivity contribution is -0.119. The molecular weight excluding hydrogens is 308 g/mol. The highest BCUT2D eigenvalue weighted by Gasteiger charge is 2.31. The Hall–Kier alpha value is -1.04. The molecule has 3 N–H and O–H groups in total. The predicted octanol–water partition coefficient (Wildman–Crippen LogP) is 1.88. The minimum atomic E-state index is -0.0294. The number of thioether (sulfide) groups is 1. The van der Waals surface area contributed by atoms with E-state index in [0.717, 1.165) is 12.8 Å². The van der Waals surface area contributed by atoms with Crippen LogP contribution < -0.4 is 11.1 Å². The molecule has 1 aromatic carbocycles. The van der Waals surface area contributed by atoms with E-state index in [1.165, 1.54) is 11.8 Å². The Morgan fingerprint density at radius 2 is 1.90 bits per heavy atom. The maximum Gasteiger partial charge on any atom is 0.230 e. The SMILES string of the molecule is Cl.NCC(NC(=O)CSCC(=O)c1ccccc1)C1CC1. The van der Waals surface area contributed by atoms with Gasteiger partial charge in [0, 0.05) is 18.2 Å². The van der Waals surface area contributed by atoms with Gasteiger partial charge in [0.25, 0.3) is 0 Å². The van der Waals surface area contributed by atoms with E-state index in [1.807, 2.05) is 18.2 Å². The highest BCUT2D eigenvalue weighted by molar-refractivity contribution is 8.00. The van der Waals surface area contributed by atoms with Gasteiger partial charge in [-0.2, -0.15) is 0 Å². The fourth-order valence-electron chi connectivity index (χ4n) is 2.06. The summed E-state index contributed by atoms with van der Waals surface area (Å²) in [5.41, 5.74) is 6.33. The van der Waals surface area contributed by atoms with Gasteiger partial charge in [0.2, 0.25) is 5.91 Å². The van der Waals surface area contributed by atoms with Gasteiger partial charge in [-0.1, -0.05) is 30.3 Å². The molecule has 6 heteroatoms. The molecule has 1 saturated carbocycles. The second kappa shape index (κ2) is 9.07. The van der Waals surface area contributed by atoms with Crippen LogP contribution in [-0.2, 0) is 4.79 Å². The van der Waals surface area contributed by atoms with Gasteiger partial charge in [0.1, 0.15) is 0 Å². The number of hydrogen-bond acceptors (Lipinski definition) is 4. The number of carbonyl (C=O) groups excluding carboxylic acids is 2. The fourth-order valence-corrected chi connectivity index (χ4v) is 2.78. The minimum Gasteiger partial charge on any atom is -0.351 e. The number of benzene rings is 1. The van der Waals surface area contributed by atoms with E-state index in [1.54, 1.807) is 12.1 Å². The molecule has 0 spiro atoms. The molecule has 116 valence electrons. The molecule has 0 bridgehead atoms. The first-order valence-corrected chi connectivity index (χ1v) is 8.01. The lowest BCUT2D eigenvalue weighted by Gasteiger charge is -2.15. The molecule has 1 fully saturated rings. The van der Waals surface area contributed by atoms with Gasteiger partial charge in [-0.15, -0.1) is 24.2 Å². The maximum absolute atomic E-state index is 11.9. The van der Waals surface area contributed by atoms with Gasteiger partial charge in [0.05, 0.1) is 11.5 Å². The van der Waals surface area contributed by atoms with Gasteiger partial charge >= 0.3 is 0 Å². The van der Waals surface area contributed by atoms with Crippen LogP contribution in [-0.4, -0.2) is 35.8 Å². The van der Waals surface area contributed by atoms with Crippen LogP contribution in [0.2, 0.25) is 0 Å². The van der Waals surface area contributed by atoms with Crippen LogP contribution in [0.5, 0.6) is 0 Å². The Morgan fingerprint density at radius 3 is 2.48 bits per heavy atom. The van der Waals surface area contributed by atoms with Crippen LogP contribution in [0.25, 0.3) is 0 Å². The van der Waals surface area contributed by atoms with Gasteiger partial charge in [-0.3, -0.25) is 9.59 Å². The summed E-state index contributed by atoms with van der Waals surface area (Å²) in [6, 6.07) is 9.24. The van der Waals surface area contributed by atoms with Crippen molar-refractivity contribution < 1.29 is 9.59 Å². The Morgan fingerprint density at radius 1 is 1.24 bits per heavy atom. The van der Waals surface area contributed by atoms with Crippen LogP contribution in [0.3, 0.4) is 0 Å². The Bertz CT molecular complexity index is 466. The molecule has 2 rings (SSSR count). The fraction of sp³-hybridized carbons (Fsp3) is 0.467. The molecule has 4 nitrogen and oxygen atoms in total. The smallest absolute Gasteiger partial charge is 0.230 e. The molecule has 1 atom stereocenters. The summed E-state index contributed by atoms with van der Waals surface area (Å²) in [5.74, 6) is 1.22. The van der Waals surface area contributed by atoms with Crippen molar-refractivity contribution in [1.82, 2.24) is 5.32 Å². The minimum absolute atomic E-state index is 0. The zero-order valence-electron chi connectivity index (χ0n) is 11.8. The average Bonchev–Trinajstić information content (AvgIpc) is 3.30. The standard InChI is InChI=1S/C15H20N2O2S.ClH/c16-8-13(11-6-7-11)17-15(19)10-20-9-14(18)12-4-2-1-3-5-12;/h1-5,11,13H,6-10,16H2,(H,17,19);1H. The Labute approximate surface area is 135 Å². The van der Waals surface area contributed by atoms with Crippen molar-refractivity contribution in [3.05, 3.63) is 35.9 Å². The van der Waals surface area contributed by atoms with Crippen molar-refractivity contribution in [2.24, 2.45) is 11.7 Å². The first-order valence-electron chi connectivity index (χ1n) is 6.86. The Balaban J connectivity index is 0.00000220. The monoisotopic (exact) mass is 328 g/mol. The largest absolute Gasteiger partial charge is 0.351 e. The number of carbonyl (C=O) groups is 2. The topological polar surface area (TPSA) is 72.2 Å². The molecule has 1 amide bonds. The summed E-state index contributed by atoms with van der Waals surface area (Å²) in [4.78, 5) is 23.6. The normalized spacial score (nSPS) is 14.9. The molecular formula is C15H21ClN2O2S. The number of nitrogens with two attached hydrogens (primary N) is 1. The number of nitrogens with one attached hydrogen (secondary N) is 1. The van der Waals surface area contributed by atoms with Crippen LogP contribution in [0.4, 0.5) is 0 Å². The van der Waals surface area contributed by atoms with Crippen molar-refractivity contribution in [3.63, 3.8) is 0 Å². The van der Waals surface area contributed by atoms with E-state index in [0.29, 0.717) is 29.5 Å². The lowest BCUT2D eigenvalue weighted by atomic mass is 10.2. The van der Waals surface area contributed by atoms with E-state index < -0.39 is 0 Å². The van der Waals surface area contributed by atoms with Crippen LogP contribution in [0.15, 0.2) is 30.3 Å². The number of amides is 1.